The van der Waals surface area contributed by atoms with Crippen molar-refractivity contribution in [3.05, 3.63) is 59.2 Å². The van der Waals surface area contributed by atoms with Crippen LogP contribution in [0.4, 0.5) is 0 Å². The highest BCUT2D eigenvalue weighted by molar-refractivity contribution is 6.23. The van der Waals surface area contributed by atoms with Gasteiger partial charge in [-0.1, -0.05) is 42.5 Å². The van der Waals surface area contributed by atoms with Crippen molar-refractivity contribution in [3.8, 4) is 0 Å². The zero-order chi connectivity index (χ0) is 17.4. The Bertz CT molecular complexity index is 1000. The second-order valence-corrected chi connectivity index (χ2v) is 6.53. The minimum absolute atomic E-state index is 0.146. The Morgan fingerprint density at radius 2 is 1.96 bits per heavy atom. The van der Waals surface area contributed by atoms with Crippen molar-refractivity contribution in [2.45, 2.75) is 32.6 Å². The first-order chi connectivity index (χ1) is 12.2. The van der Waals surface area contributed by atoms with E-state index in [0.29, 0.717) is 19.4 Å². The highest BCUT2D eigenvalue weighted by Gasteiger charge is 2.22. The van der Waals surface area contributed by atoms with Gasteiger partial charge in [-0.15, -0.1) is 0 Å². The van der Waals surface area contributed by atoms with E-state index in [1.165, 1.54) is 16.3 Å². The summed E-state index contributed by atoms with van der Waals surface area (Å²) in [6.07, 6.45) is 2.46. The molecule has 1 aliphatic rings. The van der Waals surface area contributed by atoms with Crippen LogP contribution in [0.5, 0.6) is 0 Å². The Hall–Kier alpha value is -2.68. The fourth-order valence-electron chi connectivity index (χ4n) is 3.88. The fourth-order valence-corrected chi connectivity index (χ4v) is 3.88. The summed E-state index contributed by atoms with van der Waals surface area (Å²) < 4.78 is 5.00. The molecule has 0 N–H and O–H groups in total. The molecule has 0 unspecified atom stereocenters. The number of carbonyl (C=O) groups is 2. The summed E-state index contributed by atoms with van der Waals surface area (Å²) in [4.78, 5) is 24.1. The van der Waals surface area contributed by atoms with E-state index >= 15 is 0 Å². The Balaban J connectivity index is 1.77. The molecule has 3 heteroatoms. The van der Waals surface area contributed by atoms with Crippen LogP contribution in [0, 0.1) is 0 Å². The van der Waals surface area contributed by atoms with Crippen molar-refractivity contribution in [1.82, 2.24) is 0 Å². The molecular weight excluding hydrogens is 312 g/mol. The lowest BCUT2D eigenvalue weighted by molar-refractivity contribution is -0.143. The predicted molar refractivity (Wildman–Crippen MR) is 99.1 cm³/mol. The van der Waals surface area contributed by atoms with E-state index in [-0.39, 0.29) is 11.8 Å². The summed E-state index contributed by atoms with van der Waals surface area (Å²) >= 11 is 0. The third-order valence-corrected chi connectivity index (χ3v) is 4.98. The second kappa shape index (κ2) is 6.32. The van der Waals surface area contributed by atoms with Crippen LogP contribution in [-0.2, 0) is 22.4 Å². The Morgan fingerprint density at radius 3 is 2.80 bits per heavy atom. The van der Waals surface area contributed by atoms with E-state index in [9.17, 15) is 9.59 Å². The molecule has 0 amide bonds. The summed E-state index contributed by atoms with van der Waals surface area (Å²) in [5.74, 6) is 0.0433. The van der Waals surface area contributed by atoms with Gasteiger partial charge in [-0.2, -0.15) is 0 Å². The van der Waals surface area contributed by atoms with Crippen LogP contribution >= 0.6 is 0 Å². The van der Waals surface area contributed by atoms with Gasteiger partial charge in [0.25, 0.3) is 0 Å². The minimum Gasteiger partial charge on any atom is -0.466 e. The van der Waals surface area contributed by atoms with E-state index in [4.69, 9.17) is 4.74 Å². The molecule has 0 saturated heterocycles. The normalized spacial score (nSPS) is 12.9. The topological polar surface area (TPSA) is 43.4 Å². The van der Waals surface area contributed by atoms with Gasteiger partial charge in [0.2, 0.25) is 0 Å². The molecule has 3 aromatic carbocycles. The van der Waals surface area contributed by atoms with Gasteiger partial charge in [0.15, 0.2) is 5.78 Å². The summed E-state index contributed by atoms with van der Waals surface area (Å²) in [7, 11) is 0. The fraction of sp³-hybridized carbons (Fsp3) is 0.273. The largest absolute Gasteiger partial charge is 0.466 e. The number of benzene rings is 3. The summed E-state index contributed by atoms with van der Waals surface area (Å²) in [5, 5.41) is 4.61. The number of carbonyl (C=O) groups excluding carboxylic acids is 2. The molecule has 3 aromatic rings. The quantitative estimate of drug-likeness (QED) is 0.506. The SMILES string of the molecule is CCOC(=O)CCCc1ccc2c3c1ccc1cccc(c13)CC2=O. The van der Waals surface area contributed by atoms with Crippen molar-refractivity contribution >= 4 is 33.3 Å². The van der Waals surface area contributed by atoms with Crippen LogP contribution in [-0.4, -0.2) is 18.4 Å². The maximum atomic E-state index is 12.5. The zero-order valence-corrected chi connectivity index (χ0v) is 14.3. The molecule has 0 saturated carbocycles. The van der Waals surface area contributed by atoms with Crippen LogP contribution in [0.15, 0.2) is 42.5 Å². The standard InChI is InChI=1S/C22H20O3/c1-2-25-20(24)8-4-5-14-9-12-18-19(23)13-16-7-3-6-15-10-11-17(14)22(18)21(15)16/h3,6-7,9-12H,2,4-5,8,13H2,1H3. The molecular formula is C22H20O3. The van der Waals surface area contributed by atoms with Crippen molar-refractivity contribution < 1.29 is 14.3 Å². The molecule has 0 bridgehead atoms. The van der Waals surface area contributed by atoms with Crippen LogP contribution in [0.1, 0.15) is 41.3 Å². The van der Waals surface area contributed by atoms with Gasteiger partial charge >= 0.3 is 5.97 Å². The van der Waals surface area contributed by atoms with Crippen LogP contribution in [0.3, 0.4) is 0 Å². The minimum atomic E-state index is -0.146. The summed E-state index contributed by atoms with van der Waals surface area (Å²) in [6, 6.07) is 14.4. The maximum Gasteiger partial charge on any atom is 0.305 e. The highest BCUT2D eigenvalue weighted by Crippen LogP contribution is 2.37. The second-order valence-electron chi connectivity index (χ2n) is 6.53. The van der Waals surface area contributed by atoms with Crippen molar-refractivity contribution in [1.29, 1.82) is 0 Å². The smallest absolute Gasteiger partial charge is 0.305 e. The van der Waals surface area contributed by atoms with Gasteiger partial charge in [0, 0.05) is 23.8 Å². The third-order valence-electron chi connectivity index (χ3n) is 4.98. The Morgan fingerprint density at radius 1 is 1.08 bits per heavy atom. The van der Waals surface area contributed by atoms with E-state index in [2.05, 4.69) is 24.3 Å². The van der Waals surface area contributed by atoms with E-state index in [0.717, 1.165) is 34.7 Å². The number of hydrogen-bond donors (Lipinski definition) is 0. The third kappa shape index (κ3) is 2.70. The van der Waals surface area contributed by atoms with Crippen molar-refractivity contribution in [2.24, 2.45) is 0 Å². The molecule has 0 spiro atoms. The number of ether oxygens (including phenoxy) is 1. The van der Waals surface area contributed by atoms with Gasteiger partial charge in [-0.3, -0.25) is 9.59 Å². The average molecular weight is 332 g/mol. The van der Waals surface area contributed by atoms with E-state index in [1.54, 1.807) is 0 Å². The number of esters is 1. The van der Waals surface area contributed by atoms with Gasteiger partial charge in [-0.05, 0) is 47.1 Å². The Labute approximate surface area is 146 Å². The molecule has 0 aromatic heterocycles. The van der Waals surface area contributed by atoms with Crippen LogP contribution in [0.25, 0.3) is 21.5 Å². The Kier molecular flexibility index (Phi) is 4.00. The number of Topliss-reactive ketones (excluding diaryl/α,β-unsaturated/α-hetero) is 1. The molecule has 25 heavy (non-hydrogen) atoms. The number of rotatable bonds is 5. The van der Waals surface area contributed by atoms with Crippen LogP contribution in [0.2, 0.25) is 0 Å². The monoisotopic (exact) mass is 332 g/mol. The lowest BCUT2D eigenvalue weighted by atomic mass is 9.83. The molecule has 0 atom stereocenters. The molecule has 3 nitrogen and oxygen atoms in total. The molecule has 0 aliphatic heterocycles. The first kappa shape index (κ1) is 15.8. The van der Waals surface area contributed by atoms with E-state index in [1.807, 2.05) is 25.1 Å². The molecule has 0 heterocycles. The molecule has 0 fully saturated rings. The lowest BCUT2D eigenvalue weighted by Crippen LogP contribution is -2.11. The summed E-state index contributed by atoms with van der Waals surface area (Å²) in [5.41, 5.74) is 3.13. The lowest BCUT2D eigenvalue weighted by Gasteiger charge is -2.19. The molecule has 126 valence electrons. The summed E-state index contributed by atoms with van der Waals surface area (Å²) in [6.45, 7) is 2.25. The van der Waals surface area contributed by atoms with Crippen LogP contribution < -0.4 is 0 Å². The molecule has 4 rings (SSSR count). The first-order valence-electron chi connectivity index (χ1n) is 8.84. The van der Waals surface area contributed by atoms with Gasteiger partial charge in [-0.25, -0.2) is 0 Å². The van der Waals surface area contributed by atoms with Crippen molar-refractivity contribution in [2.75, 3.05) is 6.61 Å². The number of ketones is 1. The number of aryl methyl sites for hydroxylation is 1. The zero-order valence-electron chi connectivity index (χ0n) is 14.3. The number of hydrogen-bond acceptors (Lipinski definition) is 3. The van der Waals surface area contributed by atoms with Gasteiger partial charge < -0.3 is 4.74 Å². The molecule has 1 aliphatic carbocycles. The molecule has 0 radical (unpaired) electrons. The van der Waals surface area contributed by atoms with Gasteiger partial charge in [0.05, 0.1) is 6.61 Å². The predicted octanol–water partition coefficient (Wildman–Crippen LogP) is 4.62. The average Bonchev–Trinajstić information content (AvgIpc) is 2.61. The first-order valence-corrected chi connectivity index (χ1v) is 8.84. The highest BCUT2D eigenvalue weighted by atomic mass is 16.5. The van der Waals surface area contributed by atoms with Crippen molar-refractivity contribution in [3.63, 3.8) is 0 Å². The van der Waals surface area contributed by atoms with E-state index < -0.39 is 0 Å². The maximum absolute atomic E-state index is 12.5. The van der Waals surface area contributed by atoms with Gasteiger partial charge in [0.1, 0.15) is 0 Å².